The Morgan fingerprint density at radius 3 is 2.37 bits per heavy atom. The van der Waals surface area contributed by atoms with Crippen LogP contribution in [0.25, 0.3) is 16.9 Å². The Bertz CT molecular complexity index is 1170. The summed E-state index contributed by atoms with van der Waals surface area (Å²) >= 11 is 0. The third-order valence-electron chi connectivity index (χ3n) is 6.15. The van der Waals surface area contributed by atoms with Crippen LogP contribution in [0.3, 0.4) is 0 Å². The van der Waals surface area contributed by atoms with E-state index in [1.807, 2.05) is 29.2 Å². The molecule has 0 spiro atoms. The predicted octanol–water partition coefficient (Wildman–Crippen LogP) is 4.69. The fourth-order valence-corrected chi connectivity index (χ4v) is 4.24. The largest absolute Gasteiger partial charge is 0.461 e. The number of aromatic nitrogens is 2. The second-order valence-corrected chi connectivity index (χ2v) is 8.55. The van der Waals surface area contributed by atoms with E-state index < -0.39 is 5.97 Å². The van der Waals surface area contributed by atoms with Crippen LogP contribution in [0.5, 0.6) is 0 Å². The van der Waals surface area contributed by atoms with Crippen molar-refractivity contribution in [2.75, 3.05) is 37.7 Å². The van der Waals surface area contributed by atoms with Crippen molar-refractivity contribution in [1.82, 2.24) is 14.7 Å². The zero-order valence-corrected chi connectivity index (χ0v) is 20.2. The number of anilines is 1. The maximum Gasteiger partial charge on any atom is 0.358 e. The number of esters is 1. The van der Waals surface area contributed by atoms with Crippen molar-refractivity contribution in [2.24, 2.45) is 0 Å². The maximum atomic E-state index is 13.9. The summed E-state index contributed by atoms with van der Waals surface area (Å²) in [5.74, 6) is -0.666. The van der Waals surface area contributed by atoms with E-state index in [1.165, 1.54) is 12.1 Å². The number of nitrogens with zero attached hydrogens (tertiary/aromatic N) is 4. The van der Waals surface area contributed by atoms with Gasteiger partial charge in [0.15, 0.2) is 5.69 Å². The number of halogens is 1. The van der Waals surface area contributed by atoms with Crippen LogP contribution in [0.15, 0.2) is 54.6 Å². The molecule has 8 heteroatoms. The van der Waals surface area contributed by atoms with E-state index in [0.717, 1.165) is 50.3 Å². The van der Waals surface area contributed by atoms with Crippen molar-refractivity contribution in [1.29, 1.82) is 0 Å². The highest BCUT2D eigenvalue weighted by atomic mass is 19.1. The molecule has 0 bridgehead atoms. The number of carbonyl (C=O) groups is 2. The second kappa shape index (κ2) is 11.2. The number of unbranched alkanes of at least 4 members (excludes halogenated alkanes) is 1. The number of ether oxygens (including phenoxy) is 1. The zero-order valence-electron chi connectivity index (χ0n) is 20.2. The lowest BCUT2D eigenvalue weighted by atomic mass is 10.1. The minimum atomic E-state index is -0.521. The molecule has 0 unspecified atom stereocenters. The standard InChI is InChI=1S/C27H31FN4O3/c1-3-5-9-26(33)31-16-14-30(15-17-31)22-12-10-20(11-13-22)25-19-24(27(34)35-4-2)29-32(25)23-8-6-7-21(28)18-23/h6-8,10-13,18-19H,3-5,9,14-17H2,1-2H3. The highest BCUT2D eigenvalue weighted by Gasteiger charge is 2.22. The first-order chi connectivity index (χ1) is 17.0. The molecule has 0 radical (unpaired) electrons. The first kappa shape index (κ1) is 24.4. The van der Waals surface area contributed by atoms with Gasteiger partial charge in [0.05, 0.1) is 18.0 Å². The molecular formula is C27H31FN4O3. The van der Waals surface area contributed by atoms with Gasteiger partial charge in [-0.25, -0.2) is 13.9 Å². The molecule has 1 aromatic heterocycles. The number of rotatable bonds is 8. The molecule has 0 N–H and O–H groups in total. The molecular weight excluding hydrogens is 447 g/mol. The van der Waals surface area contributed by atoms with E-state index in [0.29, 0.717) is 17.8 Å². The van der Waals surface area contributed by atoms with Gasteiger partial charge in [0, 0.05) is 43.9 Å². The number of carbonyl (C=O) groups excluding carboxylic acids is 2. The van der Waals surface area contributed by atoms with Gasteiger partial charge >= 0.3 is 5.97 Å². The van der Waals surface area contributed by atoms with Crippen LogP contribution in [0.2, 0.25) is 0 Å². The molecule has 7 nitrogen and oxygen atoms in total. The van der Waals surface area contributed by atoms with E-state index >= 15 is 0 Å². The summed E-state index contributed by atoms with van der Waals surface area (Å²) in [6, 6.07) is 15.7. The SMILES string of the molecule is CCCCC(=O)N1CCN(c2ccc(-c3cc(C(=O)OCC)nn3-c3cccc(F)c3)cc2)CC1. The van der Waals surface area contributed by atoms with Gasteiger partial charge in [0.25, 0.3) is 0 Å². The summed E-state index contributed by atoms with van der Waals surface area (Å²) in [7, 11) is 0. The third kappa shape index (κ3) is 5.70. The topological polar surface area (TPSA) is 67.7 Å². The normalized spacial score (nSPS) is 13.7. The lowest BCUT2D eigenvalue weighted by Gasteiger charge is -2.36. The van der Waals surface area contributed by atoms with Crippen LogP contribution in [0.4, 0.5) is 10.1 Å². The van der Waals surface area contributed by atoms with Crippen molar-refractivity contribution >= 4 is 17.6 Å². The van der Waals surface area contributed by atoms with Gasteiger partial charge in [-0.3, -0.25) is 4.79 Å². The van der Waals surface area contributed by atoms with Crippen LogP contribution < -0.4 is 4.90 Å². The highest BCUT2D eigenvalue weighted by molar-refractivity contribution is 5.89. The monoisotopic (exact) mass is 478 g/mol. The molecule has 184 valence electrons. The molecule has 0 saturated carbocycles. The molecule has 2 heterocycles. The summed E-state index contributed by atoms with van der Waals surface area (Å²) in [4.78, 5) is 28.9. The van der Waals surface area contributed by atoms with Gasteiger partial charge < -0.3 is 14.5 Å². The Morgan fingerprint density at radius 2 is 1.71 bits per heavy atom. The Morgan fingerprint density at radius 1 is 0.971 bits per heavy atom. The van der Waals surface area contributed by atoms with Crippen molar-refractivity contribution in [3.8, 4) is 16.9 Å². The van der Waals surface area contributed by atoms with Gasteiger partial charge in [0.1, 0.15) is 5.82 Å². The molecule has 1 aliphatic rings. The first-order valence-corrected chi connectivity index (χ1v) is 12.2. The quantitative estimate of drug-likeness (QED) is 0.439. The van der Waals surface area contributed by atoms with Gasteiger partial charge in [-0.2, -0.15) is 5.10 Å². The maximum absolute atomic E-state index is 13.9. The molecule has 1 aliphatic heterocycles. The highest BCUT2D eigenvalue weighted by Crippen LogP contribution is 2.28. The Kier molecular flexibility index (Phi) is 7.80. The van der Waals surface area contributed by atoms with Crippen LogP contribution >= 0.6 is 0 Å². The number of hydrogen-bond acceptors (Lipinski definition) is 5. The van der Waals surface area contributed by atoms with Gasteiger partial charge in [-0.1, -0.05) is 31.5 Å². The first-order valence-electron chi connectivity index (χ1n) is 12.2. The van der Waals surface area contributed by atoms with E-state index in [9.17, 15) is 14.0 Å². The van der Waals surface area contributed by atoms with E-state index in [1.54, 1.807) is 29.8 Å². The van der Waals surface area contributed by atoms with Crippen LogP contribution in [0, 0.1) is 5.82 Å². The second-order valence-electron chi connectivity index (χ2n) is 8.55. The molecule has 0 atom stereocenters. The lowest BCUT2D eigenvalue weighted by molar-refractivity contribution is -0.131. The molecule has 1 fully saturated rings. The molecule has 1 saturated heterocycles. The van der Waals surface area contributed by atoms with E-state index in [-0.39, 0.29) is 24.0 Å². The summed E-state index contributed by atoms with van der Waals surface area (Å²) in [6.45, 7) is 7.09. The molecule has 4 rings (SSSR count). The number of benzene rings is 2. The summed E-state index contributed by atoms with van der Waals surface area (Å²) in [6.07, 6.45) is 2.58. The fourth-order valence-electron chi connectivity index (χ4n) is 4.24. The summed E-state index contributed by atoms with van der Waals surface area (Å²) in [5, 5.41) is 4.40. The minimum Gasteiger partial charge on any atom is -0.461 e. The van der Waals surface area contributed by atoms with Crippen LogP contribution in [0.1, 0.15) is 43.6 Å². The Hall–Kier alpha value is -3.68. The Balaban J connectivity index is 1.54. The molecule has 1 amide bonds. The van der Waals surface area contributed by atoms with Gasteiger partial charge in [-0.15, -0.1) is 0 Å². The van der Waals surface area contributed by atoms with Crippen molar-refractivity contribution in [2.45, 2.75) is 33.1 Å². The van der Waals surface area contributed by atoms with Crippen LogP contribution in [-0.2, 0) is 9.53 Å². The minimum absolute atomic E-state index is 0.166. The smallest absolute Gasteiger partial charge is 0.358 e. The number of hydrogen-bond donors (Lipinski definition) is 0. The van der Waals surface area contributed by atoms with Crippen molar-refractivity contribution in [3.05, 3.63) is 66.1 Å². The average molecular weight is 479 g/mol. The summed E-state index contributed by atoms with van der Waals surface area (Å²) in [5.41, 5.74) is 3.25. The lowest BCUT2D eigenvalue weighted by Crippen LogP contribution is -2.48. The number of amides is 1. The fraction of sp³-hybridized carbons (Fsp3) is 0.370. The molecule has 3 aromatic rings. The predicted molar refractivity (Wildman–Crippen MR) is 133 cm³/mol. The van der Waals surface area contributed by atoms with Gasteiger partial charge in [0.2, 0.25) is 5.91 Å². The average Bonchev–Trinajstić information content (AvgIpc) is 3.33. The molecule has 0 aliphatic carbocycles. The van der Waals surface area contributed by atoms with Crippen molar-refractivity contribution < 1.29 is 18.7 Å². The molecule has 2 aromatic carbocycles. The van der Waals surface area contributed by atoms with Crippen molar-refractivity contribution in [3.63, 3.8) is 0 Å². The van der Waals surface area contributed by atoms with E-state index in [2.05, 4.69) is 16.9 Å². The van der Waals surface area contributed by atoms with Gasteiger partial charge in [-0.05, 0) is 49.7 Å². The Labute approximate surface area is 205 Å². The van der Waals surface area contributed by atoms with E-state index in [4.69, 9.17) is 4.74 Å². The van der Waals surface area contributed by atoms with Crippen LogP contribution in [-0.4, -0.2) is 59.3 Å². The zero-order chi connectivity index (χ0) is 24.8. The number of piperazine rings is 1. The summed E-state index contributed by atoms with van der Waals surface area (Å²) < 4.78 is 20.6. The third-order valence-corrected chi connectivity index (χ3v) is 6.15. The molecule has 35 heavy (non-hydrogen) atoms.